The van der Waals surface area contributed by atoms with Crippen LogP contribution in [0.15, 0.2) is 28.0 Å². The summed E-state index contributed by atoms with van der Waals surface area (Å²) in [6.45, 7) is 2.26. The number of benzene rings is 1. The molecule has 16 heavy (non-hydrogen) atoms. The second-order valence-corrected chi connectivity index (χ2v) is 3.80. The first-order valence-corrected chi connectivity index (χ1v) is 5.55. The first-order chi connectivity index (χ1) is 7.81. The van der Waals surface area contributed by atoms with E-state index >= 15 is 0 Å². The summed E-state index contributed by atoms with van der Waals surface area (Å²) in [5.74, 6) is 0. The summed E-state index contributed by atoms with van der Waals surface area (Å²) in [6.07, 6.45) is 1.20. The van der Waals surface area contributed by atoms with Gasteiger partial charge in [0.05, 0.1) is 22.4 Å². The summed E-state index contributed by atoms with van der Waals surface area (Å²) in [6, 6.07) is 5.35. The average Bonchev–Trinajstić information content (AvgIpc) is 2.67. The second-order valence-electron chi connectivity index (χ2n) is 2.95. The van der Waals surface area contributed by atoms with E-state index in [0.717, 1.165) is 4.70 Å². The monoisotopic (exact) mass is 238 g/mol. The summed E-state index contributed by atoms with van der Waals surface area (Å²) in [4.78, 5) is 24.6. The van der Waals surface area contributed by atoms with E-state index in [1.807, 2.05) is 13.0 Å². The van der Waals surface area contributed by atoms with Gasteiger partial charge in [0.25, 0.3) is 5.56 Å². The van der Waals surface area contributed by atoms with Gasteiger partial charge in [-0.15, -0.1) is 0 Å². The van der Waals surface area contributed by atoms with E-state index in [1.54, 1.807) is 12.1 Å². The molecule has 5 nitrogen and oxygen atoms in total. The van der Waals surface area contributed by atoms with Crippen LogP contribution in [0.5, 0.6) is 0 Å². The first-order valence-electron chi connectivity index (χ1n) is 4.73. The van der Waals surface area contributed by atoms with Gasteiger partial charge < -0.3 is 4.89 Å². The quantitative estimate of drug-likeness (QED) is 0.292. The predicted octanol–water partition coefficient (Wildman–Crippen LogP) is 2.22. The van der Waals surface area contributed by atoms with Crippen LogP contribution in [0, 0.1) is 0 Å². The van der Waals surface area contributed by atoms with Crippen LogP contribution >= 0.6 is 11.5 Å². The zero-order chi connectivity index (χ0) is 11.4. The molecule has 6 heteroatoms. The third kappa shape index (κ3) is 2.29. The van der Waals surface area contributed by atoms with Crippen LogP contribution in [0.2, 0.25) is 0 Å². The van der Waals surface area contributed by atoms with Crippen LogP contribution in [-0.2, 0) is 9.78 Å². The Kier molecular flexibility index (Phi) is 3.33. The van der Waals surface area contributed by atoms with Gasteiger partial charge in [-0.1, -0.05) is 11.5 Å². The van der Waals surface area contributed by atoms with Crippen LogP contribution in [0.1, 0.15) is 6.92 Å². The van der Waals surface area contributed by atoms with Gasteiger partial charge in [0, 0.05) is 0 Å². The Morgan fingerprint density at radius 1 is 1.56 bits per heavy atom. The van der Waals surface area contributed by atoms with Crippen molar-refractivity contribution in [1.29, 1.82) is 0 Å². The predicted molar refractivity (Wildman–Crippen MR) is 63.3 cm³/mol. The molecule has 0 bridgehead atoms. The summed E-state index contributed by atoms with van der Waals surface area (Å²) >= 11 is 1.31. The minimum atomic E-state index is -0.0947. The third-order valence-electron chi connectivity index (χ3n) is 1.89. The molecule has 2 rings (SSSR count). The van der Waals surface area contributed by atoms with E-state index in [1.165, 1.54) is 17.9 Å². The lowest BCUT2D eigenvalue weighted by atomic mass is 10.2. The molecule has 0 unspecified atom stereocenters. The van der Waals surface area contributed by atoms with Gasteiger partial charge >= 0.3 is 0 Å². The summed E-state index contributed by atoms with van der Waals surface area (Å²) in [5.41, 5.74) is 0.555. The number of H-pyrrole nitrogens is 1. The van der Waals surface area contributed by atoms with Crippen molar-refractivity contribution < 1.29 is 9.78 Å². The Labute approximate surface area is 95.4 Å². The Morgan fingerprint density at radius 3 is 3.25 bits per heavy atom. The highest BCUT2D eigenvalue weighted by Crippen LogP contribution is 2.20. The number of rotatable bonds is 4. The van der Waals surface area contributed by atoms with Gasteiger partial charge in [-0.2, -0.15) is 4.89 Å². The Morgan fingerprint density at radius 2 is 2.44 bits per heavy atom. The topological polar surface area (TPSA) is 63.7 Å². The lowest BCUT2D eigenvalue weighted by molar-refractivity contribution is -0.211. The molecule has 0 spiro atoms. The van der Waals surface area contributed by atoms with Crippen LogP contribution < -0.4 is 5.56 Å². The van der Waals surface area contributed by atoms with E-state index in [-0.39, 0.29) is 5.56 Å². The minimum absolute atomic E-state index is 0.0947. The van der Waals surface area contributed by atoms with Crippen LogP contribution in [0.25, 0.3) is 10.1 Å². The van der Waals surface area contributed by atoms with Gasteiger partial charge in [-0.05, 0) is 25.1 Å². The maximum Gasteiger partial charge on any atom is 0.265 e. The van der Waals surface area contributed by atoms with Crippen LogP contribution in [-0.4, -0.2) is 17.4 Å². The highest BCUT2D eigenvalue weighted by atomic mass is 32.1. The van der Waals surface area contributed by atoms with Crippen molar-refractivity contribution in [2.45, 2.75) is 6.92 Å². The van der Waals surface area contributed by atoms with E-state index in [4.69, 9.17) is 0 Å². The molecule has 0 saturated heterocycles. The Balaban J connectivity index is 2.22. The molecular formula is C10H10N2O3S. The van der Waals surface area contributed by atoms with Crippen LogP contribution in [0.4, 0.5) is 5.69 Å². The fraction of sp³-hybridized carbons (Fsp3) is 0.200. The van der Waals surface area contributed by atoms with Crippen molar-refractivity contribution in [2.24, 2.45) is 4.99 Å². The molecule has 0 saturated carbocycles. The van der Waals surface area contributed by atoms with Gasteiger partial charge in [0.2, 0.25) is 6.40 Å². The lowest BCUT2D eigenvalue weighted by Crippen LogP contribution is -1.95. The van der Waals surface area contributed by atoms with Crippen molar-refractivity contribution in [3.8, 4) is 0 Å². The van der Waals surface area contributed by atoms with E-state index < -0.39 is 0 Å². The van der Waals surface area contributed by atoms with E-state index in [0.29, 0.717) is 17.7 Å². The molecule has 1 aromatic heterocycles. The molecule has 0 aliphatic heterocycles. The highest BCUT2D eigenvalue weighted by Gasteiger charge is 2.01. The van der Waals surface area contributed by atoms with E-state index in [2.05, 4.69) is 19.1 Å². The summed E-state index contributed by atoms with van der Waals surface area (Å²) < 4.78 is 3.57. The second kappa shape index (κ2) is 4.91. The number of hydrogen-bond acceptors (Lipinski definition) is 5. The maximum absolute atomic E-state index is 11.4. The van der Waals surface area contributed by atoms with Gasteiger partial charge in [0.15, 0.2) is 0 Å². The third-order valence-corrected chi connectivity index (χ3v) is 2.76. The standard InChI is InChI=1S/C10H10N2O3S/c1-2-14-15-6-11-7-3-4-9-8(5-7)10(13)12-16-9/h3-6H,2H2,1H3,(H,12,13)/b11-6-. The number of aliphatic imine (C=N–C) groups is 1. The molecule has 0 radical (unpaired) electrons. The first kappa shape index (κ1) is 10.8. The highest BCUT2D eigenvalue weighted by molar-refractivity contribution is 7.13. The molecule has 0 atom stereocenters. The number of nitrogens with zero attached hydrogens (tertiary/aromatic N) is 1. The molecule has 1 N–H and O–H groups in total. The molecule has 0 aliphatic rings. The minimum Gasteiger partial charge on any atom is -0.325 e. The Bertz CT molecular complexity index is 558. The van der Waals surface area contributed by atoms with E-state index in [9.17, 15) is 4.79 Å². The normalized spacial score (nSPS) is 11.3. The summed E-state index contributed by atoms with van der Waals surface area (Å²) in [5, 5.41) is 0.635. The SMILES string of the molecule is CCOO/C=N\c1ccc2s[nH]c(=O)c2c1. The van der Waals surface area contributed by atoms with Gasteiger partial charge in [-0.25, -0.2) is 4.99 Å². The maximum atomic E-state index is 11.4. The van der Waals surface area contributed by atoms with Crippen molar-refractivity contribution in [3.63, 3.8) is 0 Å². The molecule has 1 aromatic carbocycles. The fourth-order valence-electron chi connectivity index (χ4n) is 1.20. The molecule has 0 fully saturated rings. The van der Waals surface area contributed by atoms with Crippen molar-refractivity contribution in [2.75, 3.05) is 6.61 Å². The molecule has 0 amide bonds. The van der Waals surface area contributed by atoms with Gasteiger partial charge in [-0.3, -0.25) is 9.17 Å². The molecule has 2 aromatic rings. The Hall–Kier alpha value is -1.66. The number of aromatic amines is 1. The smallest absolute Gasteiger partial charge is 0.265 e. The van der Waals surface area contributed by atoms with Gasteiger partial charge in [0.1, 0.15) is 0 Å². The van der Waals surface area contributed by atoms with Crippen molar-refractivity contribution >= 4 is 33.7 Å². The van der Waals surface area contributed by atoms with Crippen molar-refractivity contribution in [3.05, 3.63) is 28.6 Å². The average molecular weight is 238 g/mol. The number of aromatic nitrogens is 1. The molecule has 0 aliphatic carbocycles. The lowest BCUT2D eigenvalue weighted by Gasteiger charge is -1.95. The largest absolute Gasteiger partial charge is 0.325 e. The fourth-order valence-corrected chi connectivity index (χ4v) is 1.91. The van der Waals surface area contributed by atoms with Crippen molar-refractivity contribution in [1.82, 2.24) is 4.37 Å². The zero-order valence-corrected chi connectivity index (χ0v) is 9.41. The van der Waals surface area contributed by atoms with Crippen LogP contribution in [0.3, 0.4) is 0 Å². The number of hydrogen-bond donors (Lipinski definition) is 1. The molecule has 1 heterocycles. The zero-order valence-electron chi connectivity index (χ0n) is 8.60. The number of nitrogens with one attached hydrogen (secondary N) is 1. The number of fused-ring (bicyclic) bond motifs is 1. The molecular weight excluding hydrogens is 228 g/mol. The molecule has 84 valence electrons. The summed E-state index contributed by atoms with van der Waals surface area (Å²) in [7, 11) is 0.